The van der Waals surface area contributed by atoms with E-state index < -0.39 is 0 Å². The Morgan fingerprint density at radius 2 is 1.89 bits per heavy atom. The molecule has 6 rings (SSSR count). The SMILES string of the molecule is CC(C)n1cnc2c(NCc3nc4ccccc4[nH]3)nc(-c3ccc(C(=O)NC4CC4)cc3)nc21. The van der Waals surface area contributed by atoms with Crippen LogP contribution in [-0.2, 0) is 6.54 Å². The predicted octanol–water partition coefficient (Wildman–Crippen LogP) is 4.45. The van der Waals surface area contributed by atoms with Gasteiger partial charge in [-0.2, -0.15) is 0 Å². The maximum absolute atomic E-state index is 12.4. The lowest BCUT2D eigenvalue weighted by Crippen LogP contribution is -2.25. The predicted molar refractivity (Wildman–Crippen MR) is 135 cm³/mol. The molecule has 0 aliphatic heterocycles. The summed E-state index contributed by atoms with van der Waals surface area (Å²) in [5.74, 6) is 1.98. The van der Waals surface area contributed by atoms with E-state index in [1.54, 1.807) is 6.33 Å². The lowest BCUT2D eigenvalue weighted by Gasteiger charge is -2.11. The lowest BCUT2D eigenvalue weighted by molar-refractivity contribution is 0.0951. The topological polar surface area (TPSA) is 113 Å². The summed E-state index contributed by atoms with van der Waals surface area (Å²) in [5, 5.41) is 6.42. The zero-order chi connectivity index (χ0) is 23.9. The molecule has 35 heavy (non-hydrogen) atoms. The largest absolute Gasteiger partial charge is 0.361 e. The van der Waals surface area contributed by atoms with Crippen LogP contribution in [0.5, 0.6) is 0 Å². The maximum Gasteiger partial charge on any atom is 0.251 e. The second-order valence-corrected chi connectivity index (χ2v) is 9.19. The number of H-pyrrole nitrogens is 1. The molecule has 5 aromatic rings. The third-order valence-corrected chi connectivity index (χ3v) is 6.16. The van der Waals surface area contributed by atoms with Crippen LogP contribution in [0.1, 0.15) is 48.9 Å². The Kier molecular flexibility index (Phi) is 5.17. The van der Waals surface area contributed by atoms with Crippen molar-refractivity contribution in [3.05, 3.63) is 66.2 Å². The molecule has 1 amide bonds. The van der Waals surface area contributed by atoms with E-state index in [4.69, 9.17) is 9.97 Å². The molecule has 3 N–H and O–H groups in total. The van der Waals surface area contributed by atoms with E-state index in [-0.39, 0.29) is 11.9 Å². The number of carbonyl (C=O) groups is 1. The first kappa shape index (κ1) is 21.3. The van der Waals surface area contributed by atoms with Crippen LogP contribution in [0, 0.1) is 0 Å². The molecular formula is C26H26N8O. The van der Waals surface area contributed by atoms with E-state index in [0.29, 0.717) is 35.3 Å². The number of hydrogen-bond acceptors (Lipinski definition) is 6. The maximum atomic E-state index is 12.4. The van der Waals surface area contributed by atoms with Gasteiger partial charge in [0.1, 0.15) is 11.3 Å². The molecule has 3 heterocycles. The van der Waals surface area contributed by atoms with Crippen LogP contribution < -0.4 is 10.6 Å². The molecule has 0 unspecified atom stereocenters. The van der Waals surface area contributed by atoms with Crippen LogP contribution in [0.25, 0.3) is 33.6 Å². The van der Waals surface area contributed by atoms with Crippen molar-refractivity contribution in [3.63, 3.8) is 0 Å². The number of rotatable bonds is 7. The Labute approximate surface area is 202 Å². The average molecular weight is 467 g/mol. The second kappa shape index (κ2) is 8.50. The van der Waals surface area contributed by atoms with Crippen LogP contribution in [0.3, 0.4) is 0 Å². The van der Waals surface area contributed by atoms with Gasteiger partial charge in [-0.25, -0.2) is 19.9 Å². The van der Waals surface area contributed by atoms with Gasteiger partial charge in [-0.1, -0.05) is 24.3 Å². The van der Waals surface area contributed by atoms with Gasteiger partial charge in [0.05, 0.1) is 23.9 Å². The van der Waals surface area contributed by atoms with Crippen molar-refractivity contribution < 1.29 is 4.79 Å². The number of para-hydroxylation sites is 2. The summed E-state index contributed by atoms with van der Waals surface area (Å²) >= 11 is 0. The van der Waals surface area contributed by atoms with Gasteiger partial charge < -0.3 is 20.2 Å². The summed E-state index contributed by atoms with van der Waals surface area (Å²) in [5.41, 5.74) is 4.85. The number of anilines is 1. The first-order valence-electron chi connectivity index (χ1n) is 11.9. The summed E-state index contributed by atoms with van der Waals surface area (Å²) in [7, 11) is 0. The number of nitrogens with zero attached hydrogens (tertiary/aromatic N) is 5. The number of nitrogens with one attached hydrogen (secondary N) is 3. The minimum Gasteiger partial charge on any atom is -0.361 e. The van der Waals surface area contributed by atoms with E-state index in [2.05, 4.69) is 39.4 Å². The van der Waals surface area contributed by atoms with Crippen molar-refractivity contribution in [2.75, 3.05) is 5.32 Å². The molecule has 2 aromatic carbocycles. The molecule has 3 aromatic heterocycles. The Bertz CT molecular complexity index is 1500. The highest BCUT2D eigenvalue weighted by atomic mass is 16.1. The molecular weight excluding hydrogens is 440 g/mol. The zero-order valence-electron chi connectivity index (χ0n) is 19.6. The summed E-state index contributed by atoms with van der Waals surface area (Å²) in [6.45, 7) is 4.66. The van der Waals surface area contributed by atoms with Gasteiger partial charge in [-0.15, -0.1) is 0 Å². The molecule has 1 fully saturated rings. The average Bonchev–Trinajstić information content (AvgIpc) is 3.41. The number of hydrogen-bond donors (Lipinski definition) is 3. The number of fused-ring (bicyclic) bond motifs is 2. The van der Waals surface area contributed by atoms with Crippen molar-refractivity contribution in [2.45, 2.75) is 45.3 Å². The van der Waals surface area contributed by atoms with Crippen LogP contribution in [0.2, 0.25) is 0 Å². The van der Waals surface area contributed by atoms with E-state index >= 15 is 0 Å². The highest BCUT2D eigenvalue weighted by molar-refractivity contribution is 5.95. The van der Waals surface area contributed by atoms with Gasteiger partial charge >= 0.3 is 0 Å². The Morgan fingerprint density at radius 3 is 2.63 bits per heavy atom. The van der Waals surface area contributed by atoms with E-state index in [0.717, 1.165) is 40.9 Å². The molecule has 1 saturated carbocycles. The fraction of sp³-hybridized carbons (Fsp3) is 0.269. The van der Waals surface area contributed by atoms with Crippen molar-refractivity contribution in [3.8, 4) is 11.4 Å². The van der Waals surface area contributed by atoms with Crippen LogP contribution in [-0.4, -0.2) is 41.4 Å². The van der Waals surface area contributed by atoms with Crippen LogP contribution in [0.4, 0.5) is 5.82 Å². The quantitative estimate of drug-likeness (QED) is 0.326. The molecule has 9 heteroatoms. The fourth-order valence-electron chi connectivity index (χ4n) is 4.07. The number of aromatic nitrogens is 6. The number of carbonyl (C=O) groups excluding carboxylic acids is 1. The Morgan fingerprint density at radius 1 is 1.09 bits per heavy atom. The number of amides is 1. The zero-order valence-corrected chi connectivity index (χ0v) is 19.6. The smallest absolute Gasteiger partial charge is 0.251 e. The summed E-state index contributed by atoms with van der Waals surface area (Å²) in [6, 6.07) is 15.9. The Balaban J connectivity index is 1.33. The van der Waals surface area contributed by atoms with E-state index in [1.807, 2.05) is 53.1 Å². The van der Waals surface area contributed by atoms with Gasteiger partial charge in [0.25, 0.3) is 5.91 Å². The van der Waals surface area contributed by atoms with Gasteiger partial charge in [-0.05, 0) is 51.0 Å². The van der Waals surface area contributed by atoms with E-state index in [9.17, 15) is 4.79 Å². The van der Waals surface area contributed by atoms with Crippen molar-refractivity contribution in [1.29, 1.82) is 0 Å². The van der Waals surface area contributed by atoms with Crippen molar-refractivity contribution in [2.24, 2.45) is 0 Å². The molecule has 9 nitrogen and oxygen atoms in total. The van der Waals surface area contributed by atoms with E-state index in [1.165, 1.54) is 0 Å². The molecule has 0 atom stereocenters. The fourth-order valence-corrected chi connectivity index (χ4v) is 4.07. The van der Waals surface area contributed by atoms with Gasteiger partial charge in [-0.3, -0.25) is 4.79 Å². The molecule has 1 aliphatic rings. The Hall–Kier alpha value is -4.27. The number of benzene rings is 2. The molecule has 176 valence electrons. The second-order valence-electron chi connectivity index (χ2n) is 9.19. The molecule has 0 saturated heterocycles. The van der Waals surface area contributed by atoms with Gasteiger partial charge in [0.2, 0.25) is 0 Å². The van der Waals surface area contributed by atoms with Gasteiger partial charge in [0.15, 0.2) is 17.3 Å². The third kappa shape index (κ3) is 4.21. The van der Waals surface area contributed by atoms with Gasteiger partial charge in [0, 0.05) is 23.2 Å². The highest BCUT2D eigenvalue weighted by Gasteiger charge is 2.24. The third-order valence-electron chi connectivity index (χ3n) is 6.16. The molecule has 0 bridgehead atoms. The van der Waals surface area contributed by atoms with Crippen molar-refractivity contribution >= 4 is 33.9 Å². The minimum atomic E-state index is -0.0403. The first-order chi connectivity index (χ1) is 17.0. The number of aromatic amines is 1. The van der Waals surface area contributed by atoms with Crippen molar-refractivity contribution in [1.82, 2.24) is 34.8 Å². The monoisotopic (exact) mass is 466 g/mol. The lowest BCUT2D eigenvalue weighted by atomic mass is 10.1. The number of imidazole rings is 2. The summed E-state index contributed by atoms with van der Waals surface area (Å²) in [4.78, 5) is 34.6. The normalized spacial score (nSPS) is 13.6. The molecule has 0 radical (unpaired) electrons. The molecule has 0 spiro atoms. The first-order valence-corrected chi connectivity index (χ1v) is 11.9. The highest BCUT2D eigenvalue weighted by Crippen LogP contribution is 2.27. The molecule has 1 aliphatic carbocycles. The summed E-state index contributed by atoms with van der Waals surface area (Å²) in [6.07, 6.45) is 3.92. The standard InChI is InChI=1S/C26H26N8O/c1-15(2)34-14-28-22-24(27-13-21-30-19-5-3-4-6-20(19)31-21)32-23(33-25(22)34)16-7-9-17(10-8-16)26(35)29-18-11-12-18/h3-10,14-15,18H,11-13H2,1-2H3,(H,29,35)(H,30,31)(H,27,32,33). The van der Waals surface area contributed by atoms with Crippen LogP contribution >= 0.6 is 0 Å². The van der Waals surface area contributed by atoms with Crippen LogP contribution in [0.15, 0.2) is 54.9 Å². The summed E-state index contributed by atoms with van der Waals surface area (Å²) < 4.78 is 2.03. The minimum absolute atomic E-state index is 0.0403.